The molecule has 1 aromatic heterocycles. The second kappa shape index (κ2) is 4.81. The fraction of sp³-hybridized carbons (Fsp3) is 0.375. The van der Waals surface area contributed by atoms with Crippen molar-refractivity contribution < 1.29 is 18.3 Å². The maximum absolute atomic E-state index is 11.4. The highest BCUT2D eigenvalue weighted by Gasteiger charge is 2.19. The summed E-state index contributed by atoms with van der Waals surface area (Å²) in [5.41, 5.74) is 0.710. The van der Waals surface area contributed by atoms with Gasteiger partial charge in [0.05, 0.1) is 5.69 Å². The van der Waals surface area contributed by atoms with Crippen LogP contribution in [-0.2, 0) is 10.2 Å². The van der Waals surface area contributed by atoms with E-state index in [9.17, 15) is 13.2 Å². The summed E-state index contributed by atoms with van der Waals surface area (Å²) >= 11 is 0.989. The van der Waals surface area contributed by atoms with Gasteiger partial charge in [-0.1, -0.05) is 6.92 Å². The molecule has 0 saturated heterocycles. The van der Waals surface area contributed by atoms with E-state index in [1.54, 1.807) is 19.2 Å². The van der Waals surface area contributed by atoms with Crippen molar-refractivity contribution in [2.75, 3.05) is 11.3 Å². The maximum atomic E-state index is 11.4. The topological polar surface area (TPSA) is 95.5 Å². The van der Waals surface area contributed by atoms with Crippen molar-refractivity contribution >= 4 is 33.2 Å². The van der Waals surface area contributed by atoms with Gasteiger partial charge in [-0.15, -0.1) is 11.3 Å². The van der Waals surface area contributed by atoms with E-state index in [0.717, 1.165) is 11.3 Å². The molecule has 0 spiro atoms. The third-order valence-electron chi connectivity index (χ3n) is 1.74. The number of anilines is 1. The molecule has 0 saturated carbocycles. The van der Waals surface area contributed by atoms with Gasteiger partial charge < -0.3 is 5.11 Å². The van der Waals surface area contributed by atoms with Crippen molar-refractivity contribution in [1.29, 1.82) is 0 Å². The number of aromatic carboxylic acids is 1. The largest absolute Gasteiger partial charge is 0.477 e. The SMILES string of the molecule is CCNS(=O)(=O)Nc1c(C)csc1C(=O)O. The molecular formula is C8H12N2O4S2. The van der Waals surface area contributed by atoms with Gasteiger partial charge in [-0.05, 0) is 17.9 Å². The Morgan fingerprint density at radius 1 is 1.56 bits per heavy atom. The van der Waals surface area contributed by atoms with Crippen LogP contribution in [0.25, 0.3) is 0 Å². The smallest absolute Gasteiger partial charge is 0.348 e. The van der Waals surface area contributed by atoms with Gasteiger partial charge >= 0.3 is 5.97 Å². The van der Waals surface area contributed by atoms with E-state index in [-0.39, 0.29) is 17.1 Å². The number of carbonyl (C=O) groups is 1. The van der Waals surface area contributed by atoms with Crippen molar-refractivity contribution in [3.63, 3.8) is 0 Å². The molecule has 0 aliphatic heterocycles. The van der Waals surface area contributed by atoms with Crippen LogP contribution in [0, 0.1) is 6.92 Å². The molecule has 0 aromatic carbocycles. The van der Waals surface area contributed by atoms with E-state index in [1.165, 1.54) is 0 Å². The Morgan fingerprint density at radius 3 is 2.69 bits per heavy atom. The number of rotatable bonds is 5. The fourth-order valence-corrected chi connectivity index (χ4v) is 2.98. The lowest BCUT2D eigenvalue weighted by Gasteiger charge is -2.08. The van der Waals surface area contributed by atoms with Gasteiger partial charge in [0, 0.05) is 6.54 Å². The molecule has 0 fully saturated rings. The Hall–Kier alpha value is -1.12. The molecule has 0 aliphatic carbocycles. The highest BCUT2D eigenvalue weighted by molar-refractivity contribution is 7.90. The lowest BCUT2D eigenvalue weighted by Crippen LogP contribution is -2.30. The molecule has 0 atom stereocenters. The minimum absolute atomic E-state index is 0.0148. The van der Waals surface area contributed by atoms with Gasteiger partial charge in [0.1, 0.15) is 4.88 Å². The molecule has 0 radical (unpaired) electrons. The Morgan fingerprint density at radius 2 is 2.19 bits per heavy atom. The summed E-state index contributed by atoms with van der Waals surface area (Å²) in [6, 6.07) is 0. The lowest BCUT2D eigenvalue weighted by atomic mass is 10.3. The second-order valence-corrected chi connectivity index (χ2v) is 5.41. The summed E-state index contributed by atoms with van der Waals surface area (Å²) in [5.74, 6) is -1.15. The molecule has 16 heavy (non-hydrogen) atoms. The number of nitrogens with one attached hydrogen (secondary N) is 2. The third-order valence-corrected chi connectivity index (χ3v) is 3.97. The molecule has 1 heterocycles. The molecule has 8 heteroatoms. The maximum Gasteiger partial charge on any atom is 0.348 e. The van der Waals surface area contributed by atoms with Gasteiger partial charge in [0.2, 0.25) is 0 Å². The summed E-state index contributed by atoms with van der Waals surface area (Å²) in [4.78, 5) is 10.8. The van der Waals surface area contributed by atoms with Crippen LogP contribution in [-0.4, -0.2) is 26.0 Å². The average molecular weight is 264 g/mol. The zero-order valence-electron chi connectivity index (χ0n) is 8.77. The van der Waals surface area contributed by atoms with Crippen molar-refractivity contribution in [2.24, 2.45) is 0 Å². The van der Waals surface area contributed by atoms with Crippen LogP contribution in [0.2, 0.25) is 0 Å². The summed E-state index contributed by atoms with van der Waals surface area (Å²) < 4.78 is 27.3. The molecule has 0 amide bonds. The van der Waals surface area contributed by atoms with Crippen molar-refractivity contribution in [1.82, 2.24) is 4.72 Å². The summed E-state index contributed by atoms with van der Waals surface area (Å²) in [6.45, 7) is 3.52. The minimum Gasteiger partial charge on any atom is -0.477 e. The molecule has 1 rings (SSSR count). The summed E-state index contributed by atoms with van der Waals surface area (Å²) in [5, 5.41) is 10.5. The van der Waals surface area contributed by atoms with Crippen LogP contribution >= 0.6 is 11.3 Å². The van der Waals surface area contributed by atoms with E-state index in [4.69, 9.17) is 5.11 Å². The Labute approximate surface area is 97.5 Å². The van der Waals surface area contributed by atoms with Gasteiger partial charge in [-0.25, -0.2) is 4.79 Å². The van der Waals surface area contributed by atoms with Gasteiger partial charge in [-0.2, -0.15) is 13.1 Å². The molecule has 0 bridgehead atoms. The number of hydrogen-bond donors (Lipinski definition) is 3. The number of carboxylic acids is 1. The highest BCUT2D eigenvalue weighted by Crippen LogP contribution is 2.28. The van der Waals surface area contributed by atoms with Crippen LogP contribution < -0.4 is 9.44 Å². The highest BCUT2D eigenvalue weighted by atomic mass is 32.2. The Balaban J connectivity index is 3.05. The van der Waals surface area contributed by atoms with E-state index >= 15 is 0 Å². The Kier molecular flexibility index (Phi) is 3.89. The molecule has 0 aliphatic rings. The van der Waals surface area contributed by atoms with Crippen LogP contribution in [0.3, 0.4) is 0 Å². The van der Waals surface area contributed by atoms with Crippen LogP contribution in [0.5, 0.6) is 0 Å². The normalized spacial score (nSPS) is 11.4. The van der Waals surface area contributed by atoms with E-state index < -0.39 is 16.2 Å². The van der Waals surface area contributed by atoms with Crippen LogP contribution in [0.1, 0.15) is 22.2 Å². The molecule has 0 unspecified atom stereocenters. The van der Waals surface area contributed by atoms with Crippen molar-refractivity contribution in [3.8, 4) is 0 Å². The molecule has 1 aromatic rings. The molecule has 90 valence electrons. The van der Waals surface area contributed by atoms with Crippen molar-refractivity contribution in [2.45, 2.75) is 13.8 Å². The number of hydrogen-bond acceptors (Lipinski definition) is 4. The molecule has 3 N–H and O–H groups in total. The van der Waals surface area contributed by atoms with Gasteiger partial charge in [0.25, 0.3) is 10.2 Å². The zero-order chi connectivity index (χ0) is 12.3. The second-order valence-electron chi connectivity index (χ2n) is 3.03. The van der Waals surface area contributed by atoms with E-state index in [0.29, 0.717) is 5.56 Å². The summed E-state index contributed by atoms with van der Waals surface area (Å²) in [6.07, 6.45) is 0. The van der Waals surface area contributed by atoms with Gasteiger partial charge in [0.15, 0.2) is 0 Å². The first-order valence-corrected chi connectivity index (χ1v) is 6.82. The quantitative estimate of drug-likeness (QED) is 0.740. The number of thiophene rings is 1. The van der Waals surface area contributed by atoms with E-state index in [1.807, 2.05) is 0 Å². The molecule has 6 nitrogen and oxygen atoms in total. The predicted molar refractivity (Wildman–Crippen MR) is 62.2 cm³/mol. The van der Waals surface area contributed by atoms with E-state index in [2.05, 4.69) is 9.44 Å². The number of carboxylic acid groups (broad SMARTS) is 1. The van der Waals surface area contributed by atoms with Gasteiger partial charge in [-0.3, -0.25) is 4.72 Å². The first-order valence-electron chi connectivity index (χ1n) is 4.46. The van der Waals surface area contributed by atoms with Crippen molar-refractivity contribution in [3.05, 3.63) is 15.8 Å². The zero-order valence-corrected chi connectivity index (χ0v) is 10.4. The number of aryl methyl sites for hydroxylation is 1. The fourth-order valence-electron chi connectivity index (χ4n) is 1.09. The van der Waals surface area contributed by atoms with Crippen LogP contribution in [0.15, 0.2) is 5.38 Å². The standard InChI is InChI=1S/C8H12N2O4S2/c1-3-9-16(13,14)10-6-5(2)4-15-7(6)8(11)12/h4,9-10H,3H2,1-2H3,(H,11,12). The predicted octanol–water partition coefficient (Wildman–Crippen LogP) is 1.02. The third kappa shape index (κ3) is 2.94. The Bertz CT molecular complexity index is 492. The van der Waals surface area contributed by atoms with Crippen LogP contribution in [0.4, 0.5) is 5.69 Å². The monoisotopic (exact) mass is 264 g/mol. The minimum atomic E-state index is -3.69. The average Bonchev–Trinajstić information content (AvgIpc) is 2.47. The first-order chi connectivity index (χ1) is 7.37. The first kappa shape index (κ1) is 12.9. The summed E-state index contributed by atoms with van der Waals surface area (Å²) in [7, 11) is -3.69. The lowest BCUT2D eigenvalue weighted by molar-refractivity contribution is 0.0703. The molecular weight excluding hydrogens is 252 g/mol.